The summed E-state index contributed by atoms with van der Waals surface area (Å²) >= 11 is 12.1. The van der Waals surface area contributed by atoms with Crippen molar-refractivity contribution in [1.82, 2.24) is 10.2 Å². The Bertz CT molecular complexity index is 1260. The SMILES string of the molecule is CC(C)NC(=O)C(C)N(Cc1ccc(Cl)c(Cl)c1)C(=O)CCCN(c1cccc(C(F)(F)F)c1)S(C)(=O)=O. The summed E-state index contributed by atoms with van der Waals surface area (Å²) in [5.74, 6) is -0.824. The topological polar surface area (TPSA) is 86.8 Å². The number of anilines is 1. The van der Waals surface area contributed by atoms with Gasteiger partial charge in [0.25, 0.3) is 0 Å². The maximum atomic E-state index is 13.3. The first-order valence-electron chi connectivity index (χ1n) is 11.7. The van der Waals surface area contributed by atoms with E-state index in [1.54, 1.807) is 39.0 Å². The number of nitrogens with one attached hydrogen (secondary N) is 1. The van der Waals surface area contributed by atoms with Crippen molar-refractivity contribution in [3.05, 3.63) is 63.6 Å². The van der Waals surface area contributed by atoms with E-state index in [-0.39, 0.29) is 48.6 Å². The summed E-state index contributed by atoms with van der Waals surface area (Å²) in [6, 6.07) is 7.76. The van der Waals surface area contributed by atoms with Crippen molar-refractivity contribution in [3.63, 3.8) is 0 Å². The van der Waals surface area contributed by atoms with Gasteiger partial charge in [-0.1, -0.05) is 35.3 Å². The van der Waals surface area contributed by atoms with E-state index in [4.69, 9.17) is 23.2 Å². The zero-order chi connectivity index (χ0) is 28.8. The lowest BCUT2D eigenvalue weighted by molar-refractivity contribution is -0.140. The van der Waals surface area contributed by atoms with Gasteiger partial charge in [0.15, 0.2) is 0 Å². The van der Waals surface area contributed by atoms with E-state index in [1.165, 1.54) is 11.0 Å². The second-order valence-electron chi connectivity index (χ2n) is 9.10. The van der Waals surface area contributed by atoms with E-state index in [1.807, 2.05) is 0 Å². The van der Waals surface area contributed by atoms with E-state index in [0.717, 1.165) is 28.8 Å². The predicted octanol–water partition coefficient (Wildman–Crippen LogP) is 5.50. The Balaban J connectivity index is 2.24. The van der Waals surface area contributed by atoms with Crippen LogP contribution in [0.4, 0.5) is 18.9 Å². The molecule has 2 aromatic rings. The molecule has 0 fully saturated rings. The van der Waals surface area contributed by atoms with Crippen molar-refractivity contribution >= 4 is 50.7 Å². The molecule has 7 nitrogen and oxygen atoms in total. The summed E-state index contributed by atoms with van der Waals surface area (Å²) in [6.45, 7) is 4.93. The number of hydrogen-bond donors (Lipinski definition) is 1. The number of sulfonamides is 1. The summed E-state index contributed by atoms with van der Waals surface area (Å²) in [4.78, 5) is 27.3. The third-order valence-corrected chi connectivity index (χ3v) is 7.48. The average Bonchev–Trinajstić information content (AvgIpc) is 2.80. The highest BCUT2D eigenvalue weighted by Crippen LogP contribution is 2.32. The van der Waals surface area contributed by atoms with E-state index in [9.17, 15) is 31.2 Å². The van der Waals surface area contributed by atoms with Gasteiger partial charge in [-0.2, -0.15) is 13.2 Å². The van der Waals surface area contributed by atoms with Crippen LogP contribution in [0.1, 0.15) is 44.7 Å². The van der Waals surface area contributed by atoms with Crippen LogP contribution in [0.2, 0.25) is 10.0 Å². The lowest BCUT2D eigenvalue weighted by Crippen LogP contribution is -2.49. The molecule has 1 atom stereocenters. The van der Waals surface area contributed by atoms with Gasteiger partial charge in [-0.15, -0.1) is 0 Å². The first kappa shape index (κ1) is 31.7. The Morgan fingerprint density at radius 3 is 2.24 bits per heavy atom. The van der Waals surface area contributed by atoms with Crippen molar-refractivity contribution in [2.75, 3.05) is 17.1 Å². The van der Waals surface area contributed by atoms with Crippen LogP contribution < -0.4 is 9.62 Å². The van der Waals surface area contributed by atoms with E-state index >= 15 is 0 Å². The molecule has 1 unspecified atom stereocenters. The van der Waals surface area contributed by atoms with E-state index in [2.05, 4.69) is 5.32 Å². The van der Waals surface area contributed by atoms with Crippen molar-refractivity contribution in [1.29, 1.82) is 0 Å². The molecule has 0 aliphatic heterocycles. The van der Waals surface area contributed by atoms with Gasteiger partial charge in [-0.25, -0.2) is 8.42 Å². The van der Waals surface area contributed by atoms with Crippen LogP contribution in [-0.2, 0) is 32.3 Å². The number of carbonyl (C=O) groups excluding carboxylic acids is 2. The van der Waals surface area contributed by atoms with Gasteiger partial charge < -0.3 is 10.2 Å². The zero-order valence-corrected chi connectivity index (χ0v) is 23.7. The van der Waals surface area contributed by atoms with Crippen LogP contribution in [0.5, 0.6) is 0 Å². The molecule has 2 amide bonds. The molecule has 2 rings (SSSR count). The quantitative estimate of drug-likeness (QED) is 0.371. The van der Waals surface area contributed by atoms with Gasteiger partial charge in [0, 0.05) is 25.6 Å². The molecule has 0 saturated carbocycles. The first-order chi connectivity index (χ1) is 17.5. The summed E-state index contributed by atoms with van der Waals surface area (Å²) in [5.41, 5.74) is -0.525. The first-order valence-corrected chi connectivity index (χ1v) is 14.3. The number of benzene rings is 2. The number of nitrogens with zero attached hydrogens (tertiary/aromatic N) is 2. The second kappa shape index (κ2) is 13.0. The number of halogens is 5. The van der Waals surface area contributed by atoms with Gasteiger partial charge in [0.05, 0.1) is 27.6 Å². The van der Waals surface area contributed by atoms with Gasteiger partial charge in [0.1, 0.15) is 6.04 Å². The fraction of sp³-hybridized carbons (Fsp3) is 0.440. The molecule has 13 heteroatoms. The molecule has 0 aliphatic rings. The Kier molecular flexibility index (Phi) is 10.9. The highest BCUT2D eigenvalue weighted by atomic mass is 35.5. The Morgan fingerprint density at radius 1 is 1.03 bits per heavy atom. The smallest absolute Gasteiger partial charge is 0.352 e. The third-order valence-electron chi connectivity index (χ3n) is 5.55. The molecule has 0 bridgehead atoms. The zero-order valence-electron chi connectivity index (χ0n) is 21.4. The standard InChI is InChI=1S/C25H30Cl2F3N3O4S/c1-16(2)31-24(35)17(3)32(15-18-10-11-21(26)22(27)13-18)23(34)9-6-12-33(38(4,36)37)20-8-5-7-19(14-20)25(28,29)30/h5,7-8,10-11,13-14,16-17H,6,9,12,15H2,1-4H3,(H,31,35). The molecule has 1 N–H and O–H groups in total. The van der Waals surface area contributed by atoms with Crippen molar-refractivity contribution in [2.45, 2.75) is 58.4 Å². The third kappa shape index (κ3) is 9.06. The lowest BCUT2D eigenvalue weighted by Gasteiger charge is -2.30. The van der Waals surface area contributed by atoms with E-state index in [0.29, 0.717) is 10.6 Å². The van der Waals surface area contributed by atoms with Crippen molar-refractivity contribution in [3.8, 4) is 0 Å². The van der Waals surface area contributed by atoms with Gasteiger partial charge in [-0.05, 0) is 63.1 Å². The van der Waals surface area contributed by atoms with Crippen LogP contribution in [0.15, 0.2) is 42.5 Å². The summed E-state index contributed by atoms with van der Waals surface area (Å²) < 4.78 is 65.0. The van der Waals surface area contributed by atoms with Crippen LogP contribution in [-0.4, -0.2) is 50.0 Å². The molecule has 0 spiro atoms. The molecular formula is C25H30Cl2F3N3O4S. The Labute approximate surface area is 230 Å². The molecule has 0 radical (unpaired) electrons. The Morgan fingerprint density at radius 2 is 1.68 bits per heavy atom. The van der Waals surface area contributed by atoms with E-state index < -0.39 is 33.7 Å². The molecule has 0 aliphatic carbocycles. The number of rotatable bonds is 11. The van der Waals surface area contributed by atoms with Crippen molar-refractivity contribution < 1.29 is 31.2 Å². The molecule has 0 heterocycles. The highest BCUT2D eigenvalue weighted by molar-refractivity contribution is 7.92. The van der Waals surface area contributed by atoms with Gasteiger partial charge in [0.2, 0.25) is 21.8 Å². The van der Waals surface area contributed by atoms with Gasteiger partial charge >= 0.3 is 6.18 Å². The minimum Gasteiger partial charge on any atom is -0.352 e. The maximum Gasteiger partial charge on any atom is 0.416 e. The lowest BCUT2D eigenvalue weighted by atomic mass is 10.1. The summed E-state index contributed by atoms with van der Waals surface area (Å²) in [5, 5.41) is 3.36. The second-order valence-corrected chi connectivity index (χ2v) is 11.8. The largest absolute Gasteiger partial charge is 0.416 e. The molecule has 2 aromatic carbocycles. The Hall–Kier alpha value is -2.50. The number of amides is 2. The normalized spacial score (nSPS) is 12.8. The summed E-state index contributed by atoms with van der Waals surface area (Å²) in [7, 11) is -3.95. The fourth-order valence-corrected chi connectivity index (χ4v) is 4.94. The van der Waals surface area contributed by atoms with Crippen molar-refractivity contribution in [2.24, 2.45) is 0 Å². The van der Waals surface area contributed by atoms with Crippen LogP contribution >= 0.6 is 23.2 Å². The summed E-state index contributed by atoms with van der Waals surface area (Å²) in [6.07, 6.45) is -3.93. The molecular weight excluding hydrogens is 566 g/mol. The van der Waals surface area contributed by atoms with Crippen LogP contribution in [0, 0.1) is 0 Å². The van der Waals surface area contributed by atoms with Gasteiger partial charge in [-0.3, -0.25) is 13.9 Å². The molecule has 38 heavy (non-hydrogen) atoms. The molecule has 210 valence electrons. The maximum absolute atomic E-state index is 13.3. The van der Waals surface area contributed by atoms with Crippen LogP contribution in [0.25, 0.3) is 0 Å². The predicted molar refractivity (Wildman–Crippen MR) is 143 cm³/mol. The molecule has 0 saturated heterocycles. The molecule has 0 aromatic heterocycles. The number of carbonyl (C=O) groups is 2. The van der Waals surface area contributed by atoms with Crippen LogP contribution in [0.3, 0.4) is 0 Å². The minimum absolute atomic E-state index is 0.00145. The number of alkyl halides is 3. The minimum atomic E-state index is -4.65. The number of hydrogen-bond acceptors (Lipinski definition) is 4. The fourth-order valence-electron chi connectivity index (χ4n) is 3.66. The highest BCUT2D eigenvalue weighted by Gasteiger charge is 2.32. The average molecular weight is 596 g/mol. The monoisotopic (exact) mass is 595 g/mol.